The Kier molecular flexibility index (Phi) is 6.40. The maximum Gasteiger partial charge on any atom is 0.223 e. The van der Waals surface area contributed by atoms with Gasteiger partial charge in [-0.3, -0.25) is 9.69 Å². The standard InChI is InChI=1S/C18H28N2O2/c1-3-14(4-2)18(22)19-11-17(21)13-20-10-9-15-7-5-6-8-16(15)12-20/h5-8,14,17,21H,3-4,9-13H2,1-2H3,(H,19,22). The number of nitrogens with zero attached hydrogens (tertiary/aromatic N) is 1. The van der Waals surface area contributed by atoms with Gasteiger partial charge in [-0.05, 0) is 30.4 Å². The Labute approximate surface area is 133 Å². The molecule has 0 fully saturated rings. The fourth-order valence-corrected chi connectivity index (χ4v) is 3.09. The van der Waals surface area contributed by atoms with Crippen molar-refractivity contribution in [3.8, 4) is 0 Å². The van der Waals surface area contributed by atoms with Crippen LogP contribution >= 0.6 is 0 Å². The highest BCUT2D eigenvalue weighted by Crippen LogP contribution is 2.18. The molecule has 0 spiro atoms. The molecule has 0 saturated carbocycles. The van der Waals surface area contributed by atoms with Crippen LogP contribution in [0.25, 0.3) is 0 Å². The largest absolute Gasteiger partial charge is 0.390 e. The molecule has 0 saturated heterocycles. The zero-order chi connectivity index (χ0) is 15.9. The van der Waals surface area contributed by atoms with E-state index in [1.807, 2.05) is 13.8 Å². The molecule has 2 rings (SSSR count). The van der Waals surface area contributed by atoms with Crippen molar-refractivity contribution in [1.29, 1.82) is 0 Å². The molecule has 4 nitrogen and oxygen atoms in total. The molecule has 1 aliphatic heterocycles. The number of rotatable bonds is 7. The number of carbonyl (C=O) groups excluding carboxylic acids is 1. The second kappa shape index (κ2) is 8.30. The summed E-state index contributed by atoms with van der Waals surface area (Å²) in [6.07, 6.45) is 2.22. The lowest BCUT2D eigenvalue weighted by Crippen LogP contribution is -2.43. The number of benzene rings is 1. The Bertz CT molecular complexity index is 486. The van der Waals surface area contributed by atoms with Gasteiger partial charge in [0.05, 0.1) is 6.10 Å². The zero-order valence-corrected chi connectivity index (χ0v) is 13.7. The third kappa shape index (κ3) is 4.55. The summed E-state index contributed by atoms with van der Waals surface area (Å²) in [6, 6.07) is 8.48. The highest BCUT2D eigenvalue weighted by atomic mass is 16.3. The first-order chi connectivity index (χ1) is 10.6. The molecule has 1 heterocycles. The van der Waals surface area contributed by atoms with Crippen LogP contribution in [0.1, 0.15) is 37.8 Å². The van der Waals surface area contributed by atoms with Gasteiger partial charge in [0.15, 0.2) is 0 Å². The second-order valence-electron chi connectivity index (χ2n) is 6.17. The normalized spacial score (nSPS) is 16.4. The lowest BCUT2D eigenvalue weighted by Gasteiger charge is -2.30. The molecule has 0 aromatic heterocycles. The van der Waals surface area contributed by atoms with Gasteiger partial charge in [0, 0.05) is 32.1 Å². The molecule has 1 amide bonds. The molecule has 0 bridgehead atoms. The summed E-state index contributed by atoms with van der Waals surface area (Å²) in [5, 5.41) is 13.0. The number of fused-ring (bicyclic) bond motifs is 1. The molecule has 22 heavy (non-hydrogen) atoms. The highest BCUT2D eigenvalue weighted by Gasteiger charge is 2.20. The predicted octanol–water partition coefficient (Wildman–Crippen LogP) is 1.96. The molecule has 1 aliphatic rings. The van der Waals surface area contributed by atoms with Crippen LogP contribution < -0.4 is 5.32 Å². The van der Waals surface area contributed by atoms with Gasteiger partial charge in [-0.15, -0.1) is 0 Å². The zero-order valence-electron chi connectivity index (χ0n) is 13.7. The summed E-state index contributed by atoms with van der Waals surface area (Å²) >= 11 is 0. The van der Waals surface area contributed by atoms with E-state index in [0.29, 0.717) is 13.1 Å². The Balaban J connectivity index is 1.76. The maximum absolute atomic E-state index is 11.9. The van der Waals surface area contributed by atoms with E-state index >= 15 is 0 Å². The third-order valence-electron chi connectivity index (χ3n) is 4.55. The smallest absolute Gasteiger partial charge is 0.223 e. The fourth-order valence-electron chi connectivity index (χ4n) is 3.09. The number of amides is 1. The van der Waals surface area contributed by atoms with Crippen LogP contribution in [0.2, 0.25) is 0 Å². The molecule has 1 atom stereocenters. The van der Waals surface area contributed by atoms with Crippen molar-refractivity contribution in [3.63, 3.8) is 0 Å². The van der Waals surface area contributed by atoms with E-state index in [2.05, 4.69) is 34.5 Å². The molecule has 2 N–H and O–H groups in total. The summed E-state index contributed by atoms with van der Waals surface area (Å²) in [4.78, 5) is 14.2. The van der Waals surface area contributed by atoms with Crippen LogP contribution in [0, 0.1) is 5.92 Å². The van der Waals surface area contributed by atoms with Gasteiger partial charge in [-0.25, -0.2) is 0 Å². The summed E-state index contributed by atoms with van der Waals surface area (Å²) in [6.45, 7) is 6.85. The minimum atomic E-state index is -0.511. The number of hydrogen-bond donors (Lipinski definition) is 2. The number of aliphatic hydroxyl groups excluding tert-OH is 1. The quantitative estimate of drug-likeness (QED) is 0.809. The second-order valence-corrected chi connectivity index (χ2v) is 6.17. The van der Waals surface area contributed by atoms with Crippen LogP contribution in [0.5, 0.6) is 0 Å². The van der Waals surface area contributed by atoms with Crippen molar-refractivity contribution >= 4 is 5.91 Å². The molecule has 122 valence electrons. The van der Waals surface area contributed by atoms with Gasteiger partial charge in [0.25, 0.3) is 0 Å². The SMILES string of the molecule is CCC(CC)C(=O)NCC(O)CN1CCc2ccccc2C1. The minimum Gasteiger partial charge on any atom is -0.390 e. The fraction of sp³-hybridized carbons (Fsp3) is 0.611. The van der Waals surface area contributed by atoms with Gasteiger partial charge in [-0.2, -0.15) is 0 Å². The molecule has 4 heteroatoms. The predicted molar refractivity (Wildman–Crippen MR) is 88.5 cm³/mol. The number of nitrogens with one attached hydrogen (secondary N) is 1. The molecule has 0 aliphatic carbocycles. The van der Waals surface area contributed by atoms with E-state index in [9.17, 15) is 9.90 Å². The van der Waals surface area contributed by atoms with Gasteiger partial charge in [0.1, 0.15) is 0 Å². The number of aliphatic hydroxyl groups is 1. The maximum atomic E-state index is 11.9. The van der Waals surface area contributed by atoms with Crippen molar-refractivity contribution in [2.75, 3.05) is 19.6 Å². The van der Waals surface area contributed by atoms with Gasteiger partial charge >= 0.3 is 0 Å². The first-order valence-electron chi connectivity index (χ1n) is 8.38. The number of hydrogen-bond acceptors (Lipinski definition) is 3. The minimum absolute atomic E-state index is 0.0630. The van der Waals surface area contributed by atoms with Crippen molar-refractivity contribution in [2.45, 2.75) is 45.8 Å². The summed E-state index contributed by atoms with van der Waals surface area (Å²) in [5.74, 6) is 0.127. The van der Waals surface area contributed by atoms with Crippen molar-refractivity contribution in [1.82, 2.24) is 10.2 Å². The van der Waals surface area contributed by atoms with E-state index in [1.54, 1.807) is 0 Å². The summed E-state index contributed by atoms with van der Waals surface area (Å²) in [5.41, 5.74) is 2.76. The lowest BCUT2D eigenvalue weighted by molar-refractivity contribution is -0.125. The van der Waals surface area contributed by atoms with E-state index < -0.39 is 6.10 Å². The highest BCUT2D eigenvalue weighted by molar-refractivity contribution is 5.78. The summed E-state index contributed by atoms with van der Waals surface area (Å²) < 4.78 is 0. The first kappa shape index (κ1) is 17.0. The molecular formula is C18H28N2O2. The van der Waals surface area contributed by atoms with Crippen LogP contribution in [0.3, 0.4) is 0 Å². The van der Waals surface area contributed by atoms with Crippen molar-refractivity contribution < 1.29 is 9.90 Å². The van der Waals surface area contributed by atoms with Gasteiger partial charge < -0.3 is 10.4 Å². The van der Waals surface area contributed by atoms with E-state index in [0.717, 1.165) is 32.4 Å². The topological polar surface area (TPSA) is 52.6 Å². The molecular weight excluding hydrogens is 276 g/mol. The average molecular weight is 304 g/mol. The Hall–Kier alpha value is -1.39. The molecule has 0 radical (unpaired) electrons. The molecule has 1 aromatic carbocycles. The van der Waals surface area contributed by atoms with E-state index in [1.165, 1.54) is 11.1 Å². The van der Waals surface area contributed by atoms with Crippen molar-refractivity contribution in [2.24, 2.45) is 5.92 Å². The van der Waals surface area contributed by atoms with Crippen LogP contribution in [-0.4, -0.2) is 41.7 Å². The monoisotopic (exact) mass is 304 g/mol. The Morgan fingerprint density at radius 3 is 2.64 bits per heavy atom. The average Bonchev–Trinajstić information content (AvgIpc) is 2.54. The van der Waals surface area contributed by atoms with Crippen molar-refractivity contribution in [3.05, 3.63) is 35.4 Å². The lowest BCUT2D eigenvalue weighted by atomic mass is 9.99. The molecule has 1 unspecified atom stereocenters. The Morgan fingerprint density at radius 1 is 1.27 bits per heavy atom. The third-order valence-corrected chi connectivity index (χ3v) is 4.55. The summed E-state index contributed by atoms with van der Waals surface area (Å²) in [7, 11) is 0. The van der Waals surface area contributed by atoms with Crippen LogP contribution in [0.15, 0.2) is 24.3 Å². The molecule has 1 aromatic rings. The van der Waals surface area contributed by atoms with Gasteiger partial charge in [-0.1, -0.05) is 38.1 Å². The first-order valence-corrected chi connectivity index (χ1v) is 8.38. The van der Waals surface area contributed by atoms with E-state index in [-0.39, 0.29) is 11.8 Å². The number of carbonyl (C=O) groups is 1. The number of β-amino-alcohol motifs (C(OH)–C–C–N with tert-alkyl or cyclic N) is 1. The van der Waals surface area contributed by atoms with Gasteiger partial charge in [0.2, 0.25) is 5.91 Å². The Morgan fingerprint density at radius 2 is 1.95 bits per heavy atom. The van der Waals surface area contributed by atoms with Crippen LogP contribution in [-0.2, 0) is 17.8 Å². The van der Waals surface area contributed by atoms with E-state index in [4.69, 9.17) is 0 Å². The van der Waals surface area contributed by atoms with Crippen LogP contribution in [0.4, 0.5) is 0 Å².